The van der Waals surface area contributed by atoms with Gasteiger partial charge in [-0.25, -0.2) is 0 Å². The number of rotatable bonds is 8. The van der Waals surface area contributed by atoms with Crippen LogP contribution >= 0.6 is 0 Å². The van der Waals surface area contributed by atoms with Crippen molar-refractivity contribution in [1.29, 1.82) is 0 Å². The van der Waals surface area contributed by atoms with Crippen LogP contribution in [0.1, 0.15) is 18.0 Å². The molecule has 0 radical (unpaired) electrons. The lowest BCUT2D eigenvalue weighted by molar-refractivity contribution is 0.0657. The first-order valence-electron chi connectivity index (χ1n) is 5.31. The van der Waals surface area contributed by atoms with Gasteiger partial charge in [0.1, 0.15) is 0 Å². The normalized spacial score (nSPS) is 12.6. The predicted octanol–water partition coefficient (Wildman–Crippen LogP) is 0.639. The third-order valence-electron chi connectivity index (χ3n) is 2.27. The summed E-state index contributed by atoms with van der Waals surface area (Å²) in [6, 6.07) is 3.97. The molecule has 16 heavy (non-hydrogen) atoms. The van der Waals surface area contributed by atoms with Gasteiger partial charge in [0.2, 0.25) is 0 Å². The van der Waals surface area contributed by atoms with Crippen LogP contribution in [0, 0.1) is 0 Å². The maximum Gasteiger partial charge on any atom is 0.0700 e. The van der Waals surface area contributed by atoms with Crippen LogP contribution in [-0.2, 0) is 9.47 Å². The molecule has 1 atom stereocenters. The van der Waals surface area contributed by atoms with Crippen molar-refractivity contribution >= 4 is 0 Å². The van der Waals surface area contributed by atoms with E-state index < -0.39 is 0 Å². The molecular formula is C11H19N3O2. The van der Waals surface area contributed by atoms with E-state index in [0.29, 0.717) is 19.8 Å². The van der Waals surface area contributed by atoms with E-state index >= 15 is 0 Å². The van der Waals surface area contributed by atoms with Crippen LogP contribution in [0.2, 0.25) is 0 Å². The Bertz CT molecular complexity index is 269. The molecule has 0 aromatic carbocycles. The summed E-state index contributed by atoms with van der Waals surface area (Å²) in [6.45, 7) is 1.88. The first kappa shape index (κ1) is 13.1. The average Bonchev–Trinajstić information content (AvgIpc) is 2.35. The van der Waals surface area contributed by atoms with E-state index in [0.717, 1.165) is 12.0 Å². The van der Waals surface area contributed by atoms with E-state index in [1.165, 1.54) is 0 Å². The molecule has 0 fully saturated rings. The maximum atomic E-state index is 5.49. The third-order valence-corrected chi connectivity index (χ3v) is 2.27. The minimum atomic E-state index is 0.0799. The van der Waals surface area contributed by atoms with Gasteiger partial charge in [-0.3, -0.25) is 16.3 Å². The number of hydrogen-bond acceptors (Lipinski definition) is 5. The summed E-state index contributed by atoms with van der Waals surface area (Å²) in [5.41, 5.74) is 3.83. The molecule has 0 amide bonds. The Morgan fingerprint density at radius 1 is 1.44 bits per heavy atom. The Balaban J connectivity index is 2.27. The molecule has 0 saturated carbocycles. The van der Waals surface area contributed by atoms with Gasteiger partial charge in [0, 0.05) is 32.2 Å². The summed E-state index contributed by atoms with van der Waals surface area (Å²) in [6.07, 6.45) is 4.36. The van der Waals surface area contributed by atoms with Crippen LogP contribution in [0.15, 0.2) is 24.5 Å². The first-order valence-corrected chi connectivity index (χ1v) is 5.31. The van der Waals surface area contributed by atoms with E-state index in [1.807, 2.05) is 12.1 Å². The van der Waals surface area contributed by atoms with E-state index in [2.05, 4.69) is 10.4 Å². The van der Waals surface area contributed by atoms with Crippen LogP contribution in [0.5, 0.6) is 0 Å². The highest BCUT2D eigenvalue weighted by Gasteiger charge is 2.08. The maximum absolute atomic E-state index is 5.49. The summed E-state index contributed by atoms with van der Waals surface area (Å²) in [5.74, 6) is 5.49. The Hall–Kier alpha value is -1.01. The SMILES string of the molecule is COCCOCCC(NN)c1cccnc1. The van der Waals surface area contributed by atoms with Gasteiger partial charge >= 0.3 is 0 Å². The number of ether oxygens (including phenoxy) is 2. The molecule has 3 N–H and O–H groups in total. The van der Waals surface area contributed by atoms with Crippen molar-refractivity contribution < 1.29 is 9.47 Å². The zero-order valence-corrected chi connectivity index (χ0v) is 9.56. The van der Waals surface area contributed by atoms with Crippen molar-refractivity contribution in [2.24, 2.45) is 5.84 Å². The minimum absolute atomic E-state index is 0.0799. The molecule has 0 aliphatic heterocycles. The molecule has 0 aliphatic carbocycles. The second kappa shape index (κ2) is 8.18. The van der Waals surface area contributed by atoms with Crippen molar-refractivity contribution in [3.05, 3.63) is 30.1 Å². The third kappa shape index (κ3) is 4.67. The molecule has 90 valence electrons. The number of nitrogens with zero attached hydrogens (tertiary/aromatic N) is 1. The molecule has 0 bridgehead atoms. The van der Waals surface area contributed by atoms with Crippen LogP contribution in [0.3, 0.4) is 0 Å². The van der Waals surface area contributed by atoms with Gasteiger partial charge in [0.25, 0.3) is 0 Å². The largest absolute Gasteiger partial charge is 0.382 e. The van der Waals surface area contributed by atoms with Gasteiger partial charge in [-0.05, 0) is 18.1 Å². The van der Waals surface area contributed by atoms with Gasteiger partial charge in [0.05, 0.1) is 13.2 Å². The van der Waals surface area contributed by atoms with Crippen molar-refractivity contribution in [2.45, 2.75) is 12.5 Å². The topological polar surface area (TPSA) is 69.4 Å². The van der Waals surface area contributed by atoms with Crippen molar-refractivity contribution in [1.82, 2.24) is 10.4 Å². The number of nitrogens with two attached hydrogens (primary N) is 1. The van der Waals surface area contributed by atoms with Crippen molar-refractivity contribution in [3.8, 4) is 0 Å². The van der Waals surface area contributed by atoms with Crippen LogP contribution in [0.25, 0.3) is 0 Å². The second-order valence-corrected chi connectivity index (χ2v) is 3.40. The highest BCUT2D eigenvalue weighted by Crippen LogP contribution is 2.13. The number of methoxy groups -OCH3 is 1. The number of pyridine rings is 1. The lowest BCUT2D eigenvalue weighted by Crippen LogP contribution is -2.29. The molecule has 0 saturated heterocycles. The van der Waals surface area contributed by atoms with Gasteiger partial charge in [-0.2, -0.15) is 0 Å². The number of hydrogen-bond donors (Lipinski definition) is 2. The summed E-state index contributed by atoms with van der Waals surface area (Å²) >= 11 is 0. The molecule has 1 aromatic heterocycles. The van der Waals surface area contributed by atoms with Gasteiger partial charge in [-0.15, -0.1) is 0 Å². The molecular weight excluding hydrogens is 206 g/mol. The number of nitrogens with one attached hydrogen (secondary N) is 1. The van der Waals surface area contributed by atoms with Gasteiger partial charge in [-0.1, -0.05) is 6.07 Å². The average molecular weight is 225 g/mol. The Morgan fingerprint density at radius 3 is 2.94 bits per heavy atom. The monoisotopic (exact) mass is 225 g/mol. The standard InChI is InChI=1S/C11H19N3O2/c1-15-7-8-16-6-4-11(14-12)10-3-2-5-13-9-10/h2-3,5,9,11,14H,4,6-8,12H2,1H3. The lowest BCUT2D eigenvalue weighted by Gasteiger charge is -2.15. The summed E-state index contributed by atoms with van der Waals surface area (Å²) < 4.78 is 10.3. The van der Waals surface area contributed by atoms with Crippen LogP contribution in [0.4, 0.5) is 0 Å². The van der Waals surface area contributed by atoms with E-state index in [1.54, 1.807) is 19.5 Å². The van der Waals surface area contributed by atoms with Crippen molar-refractivity contribution in [3.63, 3.8) is 0 Å². The summed E-state index contributed by atoms with van der Waals surface area (Å²) in [7, 11) is 1.66. The molecule has 1 unspecified atom stereocenters. The summed E-state index contributed by atoms with van der Waals surface area (Å²) in [5, 5.41) is 0. The minimum Gasteiger partial charge on any atom is -0.382 e. The number of hydrazine groups is 1. The Kier molecular flexibility index (Phi) is 6.67. The smallest absolute Gasteiger partial charge is 0.0700 e. The first-order chi connectivity index (χ1) is 7.88. The number of aromatic nitrogens is 1. The zero-order valence-electron chi connectivity index (χ0n) is 9.56. The fraction of sp³-hybridized carbons (Fsp3) is 0.545. The molecule has 5 heteroatoms. The van der Waals surface area contributed by atoms with E-state index in [4.69, 9.17) is 15.3 Å². The molecule has 5 nitrogen and oxygen atoms in total. The van der Waals surface area contributed by atoms with Crippen molar-refractivity contribution in [2.75, 3.05) is 26.9 Å². The summed E-state index contributed by atoms with van der Waals surface area (Å²) in [4.78, 5) is 4.05. The second-order valence-electron chi connectivity index (χ2n) is 3.40. The molecule has 0 spiro atoms. The Labute approximate surface area is 95.9 Å². The lowest BCUT2D eigenvalue weighted by atomic mass is 10.1. The highest BCUT2D eigenvalue weighted by molar-refractivity contribution is 5.13. The molecule has 1 aromatic rings. The fourth-order valence-electron chi connectivity index (χ4n) is 1.37. The predicted molar refractivity (Wildman–Crippen MR) is 61.6 cm³/mol. The Morgan fingerprint density at radius 2 is 2.31 bits per heavy atom. The van der Waals surface area contributed by atoms with Crippen LogP contribution in [-0.4, -0.2) is 31.9 Å². The molecule has 1 heterocycles. The van der Waals surface area contributed by atoms with Crippen LogP contribution < -0.4 is 11.3 Å². The van der Waals surface area contributed by atoms with E-state index in [-0.39, 0.29) is 6.04 Å². The van der Waals surface area contributed by atoms with Gasteiger partial charge in [0.15, 0.2) is 0 Å². The fourth-order valence-corrected chi connectivity index (χ4v) is 1.37. The van der Waals surface area contributed by atoms with Gasteiger partial charge < -0.3 is 9.47 Å². The molecule has 1 rings (SSSR count). The molecule has 0 aliphatic rings. The van der Waals surface area contributed by atoms with E-state index in [9.17, 15) is 0 Å². The quantitative estimate of drug-likeness (QED) is 0.386. The zero-order chi connectivity index (χ0) is 11.6. The highest BCUT2D eigenvalue weighted by atomic mass is 16.5.